The summed E-state index contributed by atoms with van der Waals surface area (Å²) in [7, 11) is 0. The van der Waals surface area contributed by atoms with E-state index in [4.69, 9.17) is 0 Å². The number of halogens is 2. The van der Waals surface area contributed by atoms with Crippen LogP contribution in [-0.4, -0.2) is 10.1 Å². The molecule has 1 N–H and O–H groups in total. The zero-order chi connectivity index (χ0) is 14.3. The van der Waals surface area contributed by atoms with E-state index in [-0.39, 0.29) is 11.6 Å². The molecule has 0 aliphatic carbocycles. The number of aromatic nitrogens is 1. The molecule has 0 unspecified atom stereocenters. The Kier molecular flexibility index (Phi) is 3.18. The van der Waals surface area contributed by atoms with E-state index in [1.54, 1.807) is 31.2 Å². The topological polar surface area (TPSA) is 33.1 Å². The maximum absolute atomic E-state index is 13.7. The molecule has 4 heteroatoms. The van der Waals surface area contributed by atoms with E-state index < -0.39 is 0 Å². The van der Waals surface area contributed by atoms with Gasteiger partial charge >= 0.3 is 0 Å². The Balaban J connectivity index is 2.21. The first kappa shape index (κ1) is 13.1. The Morgan fingerprint density at radius 3 is 2.65 bits per heavy atom. The molecule has 3 rings (SSSR count). The summed E-state index contributed by atoms with van der Waals surface area (Å²) in [6, 6.07) is 11.9. The Bertz CT molecular complexity index is 817. The Morgan fingerprint density at radius 2 is 1.90 bits per heavy atom. The molecule has 0 saturated carbocycles. The van der Waals surface area contributed by atoms with Crippen LogP contribution in [0, 0.1) is 12.7 Å². The number of nitrogens with zero attached hydrogens (tertiary/aromatic N) is 1. The number of fused-ring (bicyclic) bond motifs is 1. The standard InChI is InChI=1S/C16H11BrFNO/c1-9-2-3-10(6-14(9)18)16-8-13(17)12-7-11(20)4-5-15(12)19-16/h2-8,20H,1H3. The van der Waals surface area contributed by atoms with Crippen LogP contribution in [0.15, 0.2) is 46.9 Å². The molecule has 1 aromatic heterocycles. The zero-order valence-corrected chi connectivity index (χ0v) is 12.3. The summed E-state index contributed by atoms with van der Waals surface area (Å²) in [6.07, 6.45) is 0. The van der Waals surface area contributed by atoms with E-state index in [1.807, 2.05) is 12.1 Å². The molecule has 0 saturated heterocycles. The number of phenolic OH excluding ortho intramolecular Hbond substituents is 1. The normalized spacial score (nSPS) is 10.9. The van der Waals surface area contributed by atoms with Crippen molar-refractivity contribution >= 4 is 26.8 Å². The minimum absolute atomic E-state index is 0.189. The van der Waals surface area contributed by atoms with E-state index in [0.717, 1.165) is 20.9 Å². The van der Waals surface area contributed by atoms with E-state index >= 15 is 0 Å². The highest BCUT2D eigenvalue weighted by Crippen LogP contribution is 2.30. The highest BCUT2D eigenvalue weighted by atomic mass is 79.9. The Hall–Kier alpha value is -1.94. The number of benzene rings is 2. The van der Waals surface area contributed by atoms with Gasteiger partial charge in [-0.15, -0.1) is 0 Å². The fourth-order valence-corrected chi connectivity index (χ4v) is 2.61. The van der Waals surface area contributed by atoms with Gasteiger partial charge in [0.25, 0.3) is 0 Å². The van der Waals surface area contributed by atoms with Crippen LogP contribution in [0.5, 0.6) is 5.75 Å². The lowest BCUT2D eigenvalue weighted by Crippen LogP contribution is -1.89. The monoisotopic (exact) mass is 331 g/mol. The quantitative estimate of drug-likeness (QED) is 0.693. The molecule has 0 bridgehead atoms. The summed E-state index contributed by atoms with van der Waals surface area (Å²) in [5.41, 5.74) is 2.77. The van der Waals surface area contributed by atoms with Crippen LogP contribution >= 0.6 is 15.9 Å². The Morgan fingerprint density at radius 1 is 1.10 bits per heavy atom. The molecule has 0 spiro atoms. The summed E-state index contributed by atoms with van der Waals surface area (Å²) in [5.74, 6) is -0.0552. The SMILES string of the molecule is Cc1ccc(-c2cc(Br)c3cc(O)ccc3n2)cc1F. The average molecular weight is 332 g/mol. The first-order chi connectivity index (χ1) is 9.54. The number of rotatable bonds is 1. The second-order valence-corrected chi connectivity index (χ2v) is 5.51. The minimum atomic E-state index is -0.244. The number of aromatic hydroxyl groups is 1. The number of hydrogen-bond acceptors (Lipinski definition) is 2. The maximum atomic E-state index is 13.7. The van der Waals surface area contributed by atoms with Gasteiger partial charge in [0.15, 0.2) is 0 Å². The molecule has 0 amide bonds. The summed E-state index contributed by atoms with van der Waals surface area (Å²) >= 11 is 3.47. The van der Waals surface area contributed by atoms with Crippen molar-refractivity contribution in [3.8, 4) is 17.0 Å². The fourth-order valence-electron chi connectivity index (χ4n) is 2.07. The molecular formula is C16H11BrFNO. The smallest absolute Gasteiger partial charge is 0.126 e. The summed E-state index contributed by atoms with van der Waals surface area (Å²) < 4.78 is 14.5. The second-order valence-electron chi connectivity index (χ2n) is 4.65. The van der Waals surface area contributed by atoms with E-state index in [2.05, 4.69) is 20.9 Å². The molecule has 0 atom stereocenters. The first-order valence-corrected chi connectivity index (χ1v) is 6.90. The zero-order valence-electron chi connectivity index (χ0n) is 10.7. The van der Waals surface area contributed by atoms with Crippen molar-refractivity contribution in [1.29, 1.82) is 0 Å². The fraction of sp³-hybridized carbons (Fsp3) is 0.0625. The highest BCUT2D eigenvalue weighted by molar-refractivity contribution is 9.10. The van der Waals surface area contributed by atoms with Gasteiger partial charge in [-0.05, 0) is 42.8 Å². The van der Waals surface area contributed by atoms with Gasteiger partial charge in [0, 0.05) is 15.4 Å². The van der Waals surface area contributed by atoms with Crippen molar-refractivity contribution in [2.24, 2.45) is 0 Å². The van der Waals surface area contributed by atoms with Crippen LogP contribution in [0.25, 0.3) is 22.2 Å². The molecule has 0 aliphatic heterocycles. The van der Waals surface area contributed by atoms with Crippen LogP contribution in [0.3, 0.4) is 0 Å². The third-order valence-corrected chi connectivity index (χ3v) is 3.87. The van der Waals surface area contributed by atoms with E-state index in [0.29, 0.717) is 11.3 Å². The highest BCUT2D eigenvalue weighted by Gasteiger charge is 2.08. The van der Waals surface area contributed by atoms with Crippen molar-refractivity contribution in [1.82, 2.24) is 4.98 Å². The summed E-state index contributed by atoms with van der Waals surface area (Å²) in [6.45, 7) is 1.73. The molecule has 2 nitrogen and oxygen atoms in total. The van der Waals surface area contributed by atoms with Crippen LogP contribution in [-0.2, 0) is 0 Å². The molecular weight excluding hydrogens is 321 g/mol. The number of pyridine rings is 1. The van der Waals surface area contributed by atoms with Crippen LogP contribution in [0.1, 0.15) is 5.56 Å². The van der Waals surface area contributed by atoms with Crippen LogP contribution < -0.4 is 0 Å². The first-order valence-electron chi connectivity index (χ1n) is 6.10. The average Bonchev–Trinajstić information content (AvgIpc) is 2.42. The van der Waals surface area contributed by atoms with Gasteiger partial charge in [0.2, 0.25) is 0 Å². The van der Waals surface area contributed by atoms with Crippen molar-refractivity contribution in [2.75, 3.05) is 0 Å². The van der Waals surface area contributed by atoms with Crippen molar-refractivity contribution in [3.63, 3.8) is 0 Å². The number of aryl methyl sites for hydroxylation is 1. The molecule has 100 valence electrons. The number of hydrogen-bond donors (Lipinski definition) is 1. The predicted molar refractivity (Wildman–Crippen MR) is 81.2 cm³/mol. The van der Waals surface area contributed by atoms with Crippen LogP contribution in [0.2, 0.25) is 0 Å². The van der Waals surface area contributed by atoms with Crippen molar-refractivity contribution < 1.29 is 9.50 Å². The molecule has 2 aromatic carbocycles. The second kappa shape index (κ2) is 4.87. The summed E-state index contributed by atoms with van der Waals surface area (Å²) in [4.78, 5) is 4.51. The lowest BCUT2D eigenvalue weighted by Gasteiger charge is -2.07. The molecule has 1 heterocycles. The van der Waals surface area contributed by atoms with E-state index in [1.165, 1.54) is 6.07 Å². The Labute approximate surface area is 124 Å². The van der Waals surface area contributed by atoms with E-state index in [9.17, 15) is 9.50 Å². The lowest BCUT2D eigenvalue weighted by atomic mass is 10.1. The van der Waals surface area contributed by atoms with Gasteiger partial charge in [-0.25, -0.2) is 9.37 Å². The largest absolute Gasteiger partial charge is 0.508 e. The molecule has 0 aliphatic rings. The third-order valence-electron chi connectivity index (χ3n) is 3.21. The van der Waals surface area contributed by atoms with Gasteiger partial charge in [-0.2, -0.15) is 0 Å². The van der Waals surface area contributed by atoms with Crippen molar-refractivity contribution in [2.45, 2.75) is 6.92 Å². The van der Waals surface area contributed by atoms with Gasteiger partial charge in [-0.1, -0.05) is 28.1 Å². The molecule has 0 fully saturated rings. The molecule has 3 aromatic rings. The van der Waals surface area contributed by atoms with Gasteiger partial charge in [0.1, 0.15) is 11.6 Å². The van der Waals surface area contributed by atoms with Gasteiger partial charge < -0.3 is 5.11 Å². The molecule has 20 heavy (non-hydrogen) atoms. The molecule has 0 radical (unpaired) electrons. The number of phenols is 1. The minimum Gasteiger partial charge on any atom is -0.508 e. The van der Waals surface area contributed by atoms with Crippen molar-refractivity contribution in [3.05, 3.63) is 58.3 Å². The third kappa shape index (κ3) is 2.27. The van der Waals surface area contributed by atoms with Gasteiger partial charge in [-0.3, -0.25) is 0 Å². The van der Waals surface area contributed by atoms with Gasteiger partial charge in [0.05, 0.1) is 11.2 Å². The maximum Gasteiger partial charge on any atom is 0.126 e. The summed E-state index contributed by atoms with van der Waals surface area (Å²) in [5, 5.41) is 10.3. The van der Waals surface area contributed by atoms with Crippen LogP contribution in [0.4, 0.5) is 4.39 Å². The predicted octanol–water partition coefficient (Wildman–Crippen LogP) is 4.82. The lowest BCUT2D eigenvalue weighted by molar-refractivity contribution is 0.476.